The second kappa shape index (κ2) is 8.71. The van der Waals surface area contributed by atoms with Gasteiger partial charge >= 0.3 is 0 Å². The van der Waals surface area contributed by atoms with Crippen LogP contribution in [0.1, 0.15) is 30.1 Å². The van der Waals surface area contributed by atoms with E-state index >= 15 is 0 Å². The van der Waals surface area contributed by atoms with Crippen LogP contribution in [0.4, 0.5) is 4.39 Å². The summed E-state index contributed by atoms with van der Waals surface area (Å²) in [5, 5.41) is 0.741. The number of piperidine rings is 1. The maximum atomic E-state index is 13.3. The number of primary amides is 1. The van der Waals surface area contributed by atoms with Gasteiger partial charge in [0.25, 0.3) is 5.91 Å². The first-order valence-electron chi connectivity index (χ1n) is 10.4. The molecule has 0 saturated carbocycles. The number of benzene rings is 2. The van der Waals surface area contributed by atoms with Gasteiger partial charge in [0.05, 0.1) is 17.8 Å². The molecule has 160 valence electrons. The van der Waals surface area contributed by atoms with E-state index in [1.54, 1.807) is 35.2 Å². The van der Waals surface area contributed by atoms with Crippen molar-refractivity contribution in [2.75, 3.05) is 19.7 Å². The topological polar surface area (TPSA) is 85.5 Å². The van der Waals surface area contributed by atoms with Gasteiger partial charge in [-0.05, 0) is 62.2 Å². The second-order valence-corrected chi connectivity index (χ2v) is 7.65. The molecule has 6 nitrogen and oxygen atoms in total. The maximum Gasteiger partial charge on any atom is 0.253 e. The standard InChI is InChI=1S/C24H24FN3O3/c1-2-31-22-14-21(15-3-6-18(25)7-4-15)27-20-8-5-17(13-19(20)22)24(30)28-11-9-16(10-12-28)23(26)29/h3-8,13-14,16H,2,9-12H2,1H3,(H2,26,29). The molecule has 0 atom stereocenters. The van der Waals surface area contributed by atoms with Gasteiger partial charge < -0.3 is 15.4 Å². The van der Waals surface area contributed by atoms with Crippen LogP contribution in [0.25, 0.3) is 22.2 Å². The van der Waals surface area contributed by atoms with Gasteiger partial charge in [-0.3, -0.25) is 9.59 Å². The van der Waals surface area contributed by atoms with Crippen molar-refractivity contribution in [3.63, 3.8) is 0 Å². The molecule has 2 N–H and O–H groups in total. The molecule has 0 radical (unpaired) electrons. The highest BCUT2D eigenvalue weighted by Crippen LogP contribution is 2.31. The smallest absolute Gasteiger partial charge is 0.253 e. The van der Waals surface area contributed by atoms with Crippen molar-refractivity contribution in [1.29, 1.82) is 0 Å². The Balaban J connectivity index is 1.66. The number of amides is 2. The van der Waals surface area contributed by atoms with Gasteiger partial charge in [0.15, 0.2) is 0 Å². The summed E-state index contributed by atoms with van der Waals surface area (Å²) >= 11 is 0. The summed E-state index contributed by atoms with van der Waals surface area (Å²) in [6, 6.07) is 13.3. The molecule has 3 aromatic rings. The van der Waals surface area contributed by atoms with E-state index in [0.29, 0.717) is 55.1 Å². The highest BCUT2D eigenvalue weighted by Gasteiger charge is 2.26. The molecule has 1 aliphatic rings. The number of fused-ring (bicyclic) bond motifs is 1. The predicted molar refractivity (Wildman–Crippen MR) is 116 cm³/mol. The Kier molecular flexibility index (Phi) is 5.84. The molecule has 2 aromatic carbocycles. The summed E-state index contributed by atoms with van der Waals surface area (Å²) in [5.74, 6) is -0.247. The third-order valence-corrected chi connectivity index (χ3v) is 5.64. The summed E-state index contributed by atoms with van der Waals surface area (Å²) in [4.78, 5) is 30.8. The lowest BCUT2D eigenvalue weighted by atomic mass is 9.95. The fraction of sp³-hybridized carbons (Fsp3) is 0.292. The minimum atomic E-state index is -0.308. The zero-order chi connectivity index (χ0) is 22.0. The Hall–Kier alpha value is -3.48. The van der Waals surface area contributed by atoms with Crippen LogP contribution in [0.3, 0.4) is 0 Å². The molecular weight excluding hydrogens is 397 g/mol. The first-order valence-corrected chi connectivity index (χ1v) is 10.4. The van der Waals surface area contributed by atoms with Crippen molar-refractivity contribution < 1.29 is 18.7 Å². The highest BCUT2D eigenvalue weighted by atomic mass is 19.1. The average molecular weight is 421 g/mol. The summed E-state index contributed by atoms with van der Waals surface area (Å²) in [5.41, 5.74) is 8.07. The van der Waals surface area contributed by atoms with Crippen molar-refractivity contribution in [1.82, 2.24) is 9.88 Å². The molecule has 2 heterocycles. The first kappa shape index (κ1) is 20.8. The Morgan fingerprint density at radius 3 is 2.48 bits per heavy atom. The number of pyridine rings is 1. The Morgan fingerprint density at radius 2 is 1.84 bits per heavy atom. The molecule has 31 heavy (non-hydrogen) atoms. The summed E-state index contributed by atoms with van der Waals surface area (Å²) < 4.78 is 19.1. The summed E-state index contributed by atoms with van der Waals surface area (Å²) in [6.45, 7) is 3.36. The molecule has 1 saturated heterocycles. The van der Waals surface area contributed by atoms with E-state index in [4.69, 9.17) is 10.5 Å². The number of carbonyl (C=O) groups excluding carboxylic acids is 2. The van der Waals surface area contributed by atoms with Gasteiger partial charge in [0.1, 0.15) is 11.6 Å². The van der Waals surface area contributed by atoms with Crippen molar-refractivity contribution in [3.05, 3.63) is 59.9 Å². The first-order chi connectivity index (χ1) is 15.0. The van der Waals surface area contributed by atoms with Crippen molar-refractivity contribution in [3.8, 4) is 17.0 Å². The molecular formula is C24H24FN3O3. The van der Waals surface area contributed by atoms with Crippen LogP contribution in [0.2, 0.25) is 0 Å². The van der Waals surface area contributed by atoms with E-state index in [9.17, 15) is 14.0 Å². The monoisotopic (exact) mass is 421 g/mol. The SMILES string of the molecule is CCOc1cc(-c2ccc(F)cc2)nc2ccc(C(=O)N3CCC(C(N)=O)CC3)cc12. The van der Waals surface area contributed by atoms with Crippen LogP contribution in [0.5, 0.6) is 5.75 Å². The number of hydrogen-bond donors (Lipinski definition) is 1. The number of ether oxygens (including phenoxy) is 1. The number of rotatable bonds is 5. The van der Waals surface area contributed by atoms with Gasteiger partial charge in [0.2, 0.25) is 5.91 Å². The molecule has 7 heteroatoms. The maximum absolute atomic E-state index is 13.3. The van der Waals surface area contributed by atoms with Crippen molar-refractivity contribution in [2.24, 2.45) is 11.7 Å². The van der Waals surface area contributed by atoms with Crippen molar-refractivity contribution >= 4 is 22.7 Å². The minimum Gasteiger partial charge on any atom is -0.493 e. The third kappa shape index (κ3) is 4.35. The van der Waals surface area contributed by atoms with E-state index in [1.165, 1.54) is 12.1 Å². The van der Waals surface area contributed by atoms with E-state index in [2.05, 4.69) is 4.98 Å². The molecule has 0 unspecified atom stereocenters. The van der Waals surface area contributed by atoms with Gasteiger partial charge in [-0.25, -0.2) is 9.37 Å². The van der Waals surface area contributed by atoms with Crippen LogP contribution >= 0.6 is 0 Å². The number of likely N-dealkylation sites (tertiary alicyclic amines) is 1. The molecule has 1 aliphatic heterocycles. The molecule has 1 aromatic heterocycles. The Labute approximate surface area is 179 Å². The van der Waals surface area contributed by atoms with Crippen LogP contribution in [0, 0.1) is 11.7 Å². The van der Waals surface area contributed by atoms with E-state index in [1.807, 2.05) is 13.0 Å². The van der Waals surface area contributed by atoms with E-state index < -0.39 is 0 Å². The second-order valence-electron chi connectivity index (χ2n) is 7.65. The van der Waals surface area contributed by atoms with Gasteiger partial charge in [0, 0.05) is 41.6 Å². The number of hydrogen-bond acceptors (Lipinski definition) is 4. The summed E-state index contributed by atoms with van der Waals surface area (Å²) in [7, 11) is 0. The largest absolute Gasteiger partial charge is 0.493 e. The van der Waals surface area contributed by atoms with Crippen LogP contribution in [0.15, 0.2) is 48.5 Å². The van der Waals surface area contributed by atoms with Crippen LogP contribution in [-0.2, 0) is 4.79 Å². The third-order valence-electron chi connectivity index (χ3n) is 5.64. The number of nitrogens with two attached hydrogens (primary N) is 1. The number of nitrogens with zero attached hydrogens (tertiary/aromatic N) is 2. The zero-order valence-electron chi connectivity index (χ0n) is 17.3. The number of aromatic nitrogens is 1. The average Bonchev–Trinajstić information content (AvgIpc) is 2.79. The minimum absolute atomic E-state index is 0.0881. The van der Waals surface area contributed by atoms with Crippen LogP contribution < -0.4 is 10.5 Å². The van der Waals surface area contributed by atoms with Gasteiger partial charge in [-0.1, -0.05) is 0 Å². The normalized spacial score (nSPS) is 14.6. The summed E-state index contributed by atoms with van der Waals surface area (Å²) in [6.07, 6.45) is 1.17. The number of carbonyl (C=O) groups is 2. The lowest BCUT2D eigenvalue weighted by molar-refractivity contribution is -0.123. The van der Waals surface area contributed by atoms with Crippen LogP contribution in [-0.4, -0.2) is 41.4 Å². The number of halogens is 1. The van der Waals surface area contributed by atoms with Gasteiger partial charge in [-0.15, -0.1) is 0 Å². The van der Waals surface area contributed by atoms with E-state index in [0.717, 1.165) is 10.9 Å². The Bertz CT molecular complexity index is 1120. The predicted octanol–water partition coefficient (Wildman–Crippen LogP) is 3.78. The van der Waals surface area contributed by atoms with Gasteiger partial charge in [-0.2, -0.15) is 0 Å². The quantitative estimate of drug-likeness (QED) is 0.679. The molecule has 0 aliphatic carbocycles. The zero-order valence-corrected chi connectivity index (χ0v) is 17.3. The lowest BCUT2D eigenvalue weighted by Crippen LogP contribution is -2.41. The molecule has 0 spiro atoms. The van der Waals surface area contributed by atoms with Crippen molar-refractivity contribution in [2.45, 2.75) is 19.8 Å². The molecule has 2 amide bonds. The fourth-order valence-electron chi connectivity index (χ4n) is 3.92. The van der Waals surface area contributed by atoms with E-state index in [-0.39, 0.29) is 23.5 Å². The lowest BCUT2D eigenvalue weighted by Gasteiger charge is -2.30. The Morgan fingerprint density at radius 1 is 1.13 bits per heavy atom. The molecule has 4 rings (SSSR count). The fourth-order valence-corrected chi connectivity index (χ4v) is 3.92. The molecule has 0 bridgehead atoms. The highest BCUT2D eigenvalue weighted by molar-refractivity contribution is 6.00. The molecule has 1 fully saturated rings.